The topological polar surface area (TPSA) is 38.0 Å². The van der Waals surface area contributed by atoms with Crippen LogP contribution in [0.1, 0.15) is 28.6 Å². The minimum atomic E-state index is -0.643. The molecule has 1 aromatic heterocycles. The van der Waals surface area contributed by atoms with Crippen molar-refractivity contribution >= 4 is 11.6 Å². The van der Waals surface area contributed by atoms with Gasteiger partial charge < -0.3 is 5.11 Å². The Morgan fingerprint density at radius 1 is 1.28 bits per heavy atom. The van der Waals surface area contributed by atoms with Crippen LogP contribution in [0.15, 0.2) is 24.3 Å². The Kier molecular flexibility index (Phi) is 3.73. The third-order valence-corrected chi connectivity index (χ3v) is 3.70. The molecule has 3 nitrogen and oxygen atoms in total. The third-order valence-electron chi connectivity index (χ3n) is 3.35. The first-order valence-electron chi connectivity index (χ1n) is 5.93. The molecule has 0 saturated carbocycles. The number of aliphatic hydroxyl groups excluding tert-OH is 1. The lowest BCUT2D eigenvalue weighted by Gasteiger charge is -2.14. The van der Waals surface area contributed by atoms with Crippen molar-refractivity contribution in [2.75, 3.05) is 0 Å². The zero-order valence-electron chi connectivity index (χ0n) is 10.8. The summed E-state index contributed by atoms with van der Waals surface area (Å²) in [6.07, 6.45) is -0.643. The Balaban J connectivity index is 2.24. The Labute approximate surface area is 112 Å². The maximum atomic E-state index is 10.2. The molecular formula is C14H17ClN2O. The summed E-state index contributed by atoms with van der Waals surface area (Å²) in [4.78, 5) is 0. The van der Waals surface area contributed by atoms with Gasteiger partial charge in [0, 0.05) is 16.3 Å². The first kappa shape index (κ1) is 13.1. The summed E-state index contributed by atoms with van der Waals surface area (Å²) in [5.41, 5.74) is 3.99. The molecule has 96 valence electrons. The van der Waals surface area contributed by atoms with Gasteiger partial charge in [0.05, 0.1) is 18.3 Å². The molecule has 4 heteroatoms. The summed E-state index contributed by atoms with van der Waals surface area (Å²) in [7, 11) is 0. The number of aliphatic hydroxyl groups is 1. The van der Waals surface area contributed by atoms with Gasteiger partial charge in [-0.25, -0.2) is 0 Å². The van der Waals surface area contributed by atoms with Gasteiger partial charge in [-0.05, 0) is 32.4 Å². The Bertz CT molecular complexity index is 563. The van der Waals surface area contributed by atoms with Gasteiger partial charge in [-0.2, -0.15) is 5.10 Å². The first-order chi connectivity index (χ1) is 8.50. The van der Waals surface area contributed by atoms with Gasteiger partial charge in [0.1, 0.15) is 0 Å². The van der Waals surface area contributed by atoms with Crippen LogP contribution in [-0.4, -0.2) is 14.9 Å². The SMILES string of the molecule is Cc1nn(C[C@@H](O)c2ccccc2Cl)c(C)c1C. The molecule has 18 heavy (non-hydrogen) atoms. The number of hydrogen-bond acceptors (Lipinski definition) is 2. The number of aryl methyl sites for hydroxylation is 1. The fraction of sp³-hybridized carbons (Fsp3) is 0.357. The van der Waals surface area contributed by atoms with Crippen molar-refractivity contribution in [1.82, 2.24) is 9.78 Å². The average molecular weight is 265 g/mol. The fourth-order valence-corrected chi connectivity index (χ4v) is 2.23. The van der Waals surface area contributed by atoms with E-state index in [9.17, 15) is 5.11 Å². The standard InChI is InChI=1S/C14H17ClN2O/c1-9-10(2)16-17(11(9)3)8-14(18)12-6-4-5-7-13(12)15/h4-7,14,18H,8H2,1-3H3/t14-/m1/s1. The van der Waals surface area contributed by atoms with E-state index >= 15 is 0 Å². The molecule has 0 aliphatic heterocycles. The Hall–Kier alpha value is -1.32. The molecule has 2 aromatic rings. The molecule has 0 radical (unpaired) electrons. The molecule has 1 atom stereocenters. The minimum Gasteiger partial charge on any atom is -0.386 e. The average Bonchev–Trinajstić information content (AvgIpc) is 2.57. The first-order valence-corrected chi connectivity index (χ1v) is 6.31. The quantitative estimate of drug-likeness (QED) is 0.925. The molecule has 0 bridgehead atoms. The molecule has 0 fully saturated rings. The van der Waals surface area contributed by atoms with Crippen molar-refractivity contribution in [2.45, 2.75) is 33.4 Å². The highest BCUT2D eigenvalue weighted by molar-refractivity contribution is 6.31. The lowest BCUT2D eigenvalue weighted by atomic mass is 10.1. The van der Waals surface area contributed by atoms with E-state index in [1.807, 2.05) is 43.7 Å². The molecule has 2 rings (SSSR count). The van der Waals surface area contributed by atoms with Crippen molar-refractivity contribution in [3.63, 3.8) is 0 Å². The van der Waals surface area contributed by atoms with E-state index in [0.29, 0.717) is 11.6 Å². The summed E-state index contributed by atoms with van der Waals surface area (Å²) in [6.45, 7) is 6.44. The molecule has 0 aliphatic carbocycles. The van der Waals surface area contributed by atoms with Crippen molar-refractivity contribution in [1.29, 1.82) is 0 Å². The lowest BCUT2D eigenvalue weighted by Crippen LogP contribution is -2.12. The van der Waals surface area contributed by atoms with Crippen LogP contribution < -0.4 is 0 Å². The van der Waals surface area contributed by atoms with Crippen LogP contribution in [0.5, 0.6) is 0 Å². The van der Waals surface area contributed by atoms with Crippen molar-refractivity contribution in [3.05, 3.63) is 51.8 Å². The summed E-state index contributed by atoms with van der Waals surface area (Å²) < 4.78 is 1.83. The van der Waals surface area contributed by atoms with Crippen LogP contribution in [0.3, 0.4) is 0 Å². The zero-order chi connectivity index (χ0) is 13.3. The van der Waals surface area contributed by atoms with Gasteiger partial charge in [0.25, 0.3) is 0 Å². The molecule has 0 amide bonds. The molecule has 0 unspecified atom stereocenters. The number of nitrogens with zero attached hydrogens (tertiary/aromatic N) is 2. The van der Waals surface area contributed by atoms with E-state index in [-0.39, 0.29) is 0 Å². The number of benzene rings is 1. The van der Waals surface area contributed by atoms with Gasteiger partial charge in [-0.3, -0.25) is 4.68 Å². The monoisotopic (exact) mass is 264 g/mol. The molecular weight excluding hydrogens is 248 g/mol. The fourth-order valence-electron chi connectivity index (χ4n) is 1.97. The van der Waals surface area contributed by atoms with Crippen LogP contribution >= 0.6 is 11.6 Å². The summed E-state index contributed by atoms with van der Waals surface area (Å²) in [5.74, 6) is 0. The predicted octanol–water partition coefficient (Wildman–Crippen LogP) is 3.20. The lowest BCUT2D eigenvalue weighted by molar-refractivity contribution is 0.150. The van der Waals surface area contributed by atoms with Gasteiger partial charge in [-0.1, -0.05) is 29.8 Å². The van der Waals surface area contributed by atoms with Crippen molar-refractivity contribution < 1.29 is 5.11 Å². The van der Waals surface area contributed by atoms with Crippen molar-refractivity contribution in [2.24, 2.45) is 0 Å². The van der Waals surface area contributed by atoms with E-state index in [0.717, 1.165) is 17.0 Å². The Morgan fingerprint density at radius 3 is 2.50 bits per heavy atom. The highest BCUT2D eigenvalue weighted by Gasteiger charge is 2.15. The van der Waals surface area contributed by atoms with Crippen LogP contribution in [-0.2, 0) is 6.54 Å². The van der Waals surface area contributed by atoms with Crippen molar-refractivity contribution in [3.8, 4) is 0 Å². The highest BCUT2D eigenvalue weighted by Crippen LogP contribution is 2.24. The number of aromatic nitrogens is 2. The van der Waals surface area contributed by atoms with Crippen LogP contribution in [0.25, 0.3) is 0 Å². The molecule has 0 saturated heterocycles. The summed E-state index contributed by atoms with van der Waals surface area (Å²) in [5, 5.41) is 15.2. The summed E-state index contributed by atoms with van der Waals surface area (Å²) in [6, 6.07) is 7.35. The molecule has 0 aliphatic rings. The maximum Gasteiger partial charge on any atom is 0.1000 e. The van der Waals surface area contributed by atoms with E-state index < -0.39 is 6.10 Å². The summed E-state index contributed by atoms with van der Waals surface area (Å²) >= 11 is 6.07. The van der Waals surface area contributed by atoms with E-state index in [4.69, 9.17) is 11.6 Å². The highest BCUT2D eigenvalue weighted by atomic mass is 35.5. The second-order valence-corrected chi connectivity index (χ2v) is 4.92. The van der Waals surface area contributed by atoms with Crippen LogP contribution in [0, 0.1) is 20.8 Å². The zero-order valence-corrected chi connectivity index (χ0v) is 11.6. The van der Waals surface area contributed by atoms with Crippen LogP contribution in [0.2, 0.25) is 5.02 Å². The normalized spacial score (nSPS) is 12.7. The third kappa shape index (κ3) is 2.42. The molecule has 1 heterocycles. The largest absolute Gasteiger partial charge is 0.386 e. The molecule has 0 spiro atoms. The van der Waals surface area contributed by atoms with Crippen LogP contribution in [0.4, 0.5) is 0 Å². The van der Waals surface area contributed by atoms with E-state index in [1.165, 1.54) is 5.56 Å². The van der Waals surface area contributed by atoms with Gasteiger partial charge >= 0.3 is 0 Å². The molecule has 1 N–H and O–H groups in total. The van der Waals surface area contributed by atoms with E-state index in [1.54, 1.807) is 6.07 Å². The second kappa shape index (κ2) is 5.12. The second-order valence-electron chi connectivity index (χ2n) is 4.52. The van der Waals surface area contributed by atoms with Gasteiger partial charge in [0.2, 0.25) is 0 Å². The number of halogens is 1. The smallest absolute Gasteiger partial charge is 0.1000 e. The van der Waals surface area contributed by atoms with E-state index in [2.05, 4.69) is 5.10 Å². The number of hydrogen-bond donors (Lipinski definition) is 1. The Morgan fingerprint density at radius 2 is 1.94 bits per heavy atom. The number of rotatable bonds is 3. The minimum absolute atomic E-state index is 0.421. The van der Waals surface area contributed by atoms with Gasteiger partial charge in [0.15, 0.2) is 0 Å². The maximum absolute atomic E-state index is 10.2. The van der Waals surface area contributed by atoms with Gasteiger partial charge in [-0.15, -0.1) is 0 Å². The molecule has 1 aromatic carbocycles. The predicted molar refractivity (Wildman–Crippen MR) is 72.8 cm³/mol.